The van der Waals surface area contributed by atoms with E-state index in [1.54, 1.807) is 33.2 Å². The van der Waals surface area contributed by atoms with Gasteiger partial charge in [0.25, 0.3) is 0 Å². The van der Waals surface area contributed by atoms with E-state index in [0.717, 1.165) is 18.4 Å². The molecule has 0 fully saturated rings. The highest BCUT2D eigenvalue weighted by Gasteiger charge is 2.21. The van der Waals surface area contributed by atoms with Crippen molar-refractivity contribution in [3.8, 4) is 11.5 Å². The summed E-state index contributed by atoms with van der Waals surface area (Å²) in [6.07, 6.45) is 5.00. The molecule has 1 aromatic carbocycles. The van der Waals surface area contributed by atoms with E-state index < -0.39 is 10.0 Å². The van der Waals surface area contributed by atoms with Crippen LogP contribution in [0.2, 0.25) is 0 Å². The lowest BCUT2D eigenvalue weighted by molar-refractivity contribution is 0.288. The number of methoxy groups -OCH3 is 1. The van der Waals surface area contributed by atoms with Gasteiger partial charge in [0.2, 0.25) is 10.0 Å². The van der Waals surface area contributed by atoms with Gasteiger partial charge in [0.1, 0.15) is 10.7 Å². The lowest BCUT2D eigenvalue weighted by Crippen LogP contribution is -2.30. The minimum Gasteiger partial charge on any atom is -0.493 e. The van der Waals surface area contributed by atoms with Gasteiger partial charge in [-0.25, -0.2) is 13.4 Å². The minimum atomic E-state index is -3.52. The number of aromatic nitrogens is 1. The van der Waals surface area contributed by atoms with Crippen LogP contribution in [0.15, 0.2) is 46.5 Å². The topological polar surface area (TPSA) is 93.1 Å². The van der Waals surface area contributed by atoms with Gasteiger partial charge in [-0.05, 0) is 42.3 Å². The zero-order chi connectivity index (χ0) is 22.0. The highest BCUT2D eigenvalue weighted by atomic mass is 32.2. The number of pyridine rings is 1. The van der Waals surface area contributed by atoms with E-state index in [1.165, 1.54) is 16.6 Å². The van der Waals surface area contributed by atoms with Crippen molar-refractivity contribution in [2.45, 2.75) is 38.5 Å². The van der Waals surface area contributed by atoms with Gasteiger partial charge in [0.15, 0.2) is 11.5 Å². The Labute approximate surface area is 179 Å². The van der Waals surface area contributed by atoms with E-state index in [4.69, 9.17) is 9.47 Å². The summed E-state index contributed by atoms with van der Waals surface area (Å²) < 4.78 is 37.5. The molecule has 0 bridgehead atoms. The molecule has 0 saturated carbocycles. The molecule has 0 aliphatic rings. The van der Waals surface area contributed by atoms with Crippen LogP contribution in [0.5, 0.6) is 11.5 Å². The van der Waals surface area contributed by atoms with Gasteiger partial charge < -0.3 is 9.47 Å². The van der Waals surface area contributed by atoms with Gasteiger partial charge >= 0.3 is 0 Å². The zero-order valence-electron chi connectivity index (χ0n) is 18.0. The Morgan fingerprint density at radius 3 is 2.50 bits per heavy atom. The van der Waals surface area contributed by atoms with Crippen molar-refractivity contribution in [1.29, 1.82) is 0 Å². The molecule has 0 saturated heterocycles. The summed E-state index contributed by atoms with van der Waals surface area (Å²) >= 11 is 0. The first-order valence-electron chi connectivity index (χ1n) is 10.0. The number of hydrogen-bond acceptors (Lipinski definition) is 7. The number of nitrogens with zero attached hydrogens (tertiary/aromatic N) is 3. The standard InChI is InChI=1S/C21H30N4O4S/c1-5-8-13-29-19-11-9-17(14-20(19)28-4)15-23-24-21-12-10-18(16-22-21)30(26,27)25(6-2)7-3/h9-12,14-16H,5-8,13H2,1-4H3,(H,22,24)/b23-15+. The smallest absolute Gasteiger partial charge is 0.244 e. The Hall–Kier alpha value is -2.65. The van der Waals surface area contributed by atoms with E-state index in [2.05, 4.69) is 22.4 Å². The second-order valence-corrected chi connectivity index (χ2v) is 8.39. The van der Waals surface area contributed by atoms with Crippen LogP contribution in [0.3, 0.4) is 0 Å². The fourth-order valence-corrected chi connectivity index (χ4v) is 4.10. The number of benzene rings is 1. The number of ether oxygens (including phenoxy) is 2. The summed E-state index contributed by atoms with van der Waals surface area (Å²) in [6.45, 7) is 7.19. The number of unbranched alkanes of at least 4 members (excludes halogenated alkanes) is 1. The molecule has 0 unspecified atom stereocenters. The lowest BCUT2D eigenvalue weighted by atomic mass is 10.2. The van der Waals surface area contributed by atoms with Crippen molar-refractivity contribution in [3.05, 3.63) is 42.1 Å². The number of nitrogens with one attached hydrogen (secondary N) is 1. The van der Waals surface area contributed by atoms with Gasteiger partial charge in [-0.2, -0.15) is 9.41 Å². The van der Waals surface area contributed by atoms with Gasteiger partial charge in [0.05, 0.1) is 19.9 Å². The number of anilines is 1. The first-order valence-corrected chi connectivity index (χ1v) is 11.5. The zero-order valence-corrected chi connectivity index (χ0v) is 18.8. The van der Waals surface area contributed by atoms with Crippen LogP contribution in [0, 0.1) is 0 Å². The van der Waals surface area contributed by atoms with E-state index in [0.29, 0.717) is 37.0 Å². The maximum atomic E-state index is 12.5. The summed E-state index contributed by atoms with van der Waals surface area (Å²) in [4.78, 5) is 4.30. The van der Waals surface area contributed by atoms with Crippen LogP contribution in [0.4, 0.5) is 5.82 Å². The van der Waals surface area contributed by atoms with Crippen molar-refractivity contribution in [3.63, 3.8) is 0 Å². The van der Waals surface area contributed by atoms with E-state index in [-0.39, 0.29) is 4.90 Å². The predicted molar refractivity (Wildman–Crippen MR) is 119 cm³/mol. The lowest BCUT2D eigenvalue weighted by Gasteiger charge is -2.18. The first kappa shape index (κ1) is 23.6. The molecule has 164 valence electrons. The van der Waals surface area contributed by atoms with Crippen LogP contribution in [0.1, 0.15) is 39.2 Å². The van der Waals surface area contributed by atoms with E-state index in [9.17, 15) is 8.42 Å². The van der Waals surface area contributed by atoms with Crippen LogP contribution >= 0.6 is 0 Å². The number of sulfonamides is 1. The van der Waals surface area contributed by atoms with Crippen molar-refractivity contribution in [1.82, 2.24) is 9.29 Å². The molecule has 8 nitrogen and oxygen atoms in total. The summed E-state index contributed by atoms with van der Waals surface area (Å²) in [6, 6.07) is 8.66. The molecule has 0 spiro atoms. The normalized spacial score (nSPS) is 11.8. The molecule has 2 rings (SSSR count). The van der Waals surface area contributed by atoms with Crippen molar-refractivity contribution < 1.29 is 17.9 Å². The Balaban J connectivity index is 2.03. The van der Waals surface area contributed by atoms with Gasteiger partial charge in [-0.1, -0.05) is 27.2 Å². The monoisotopic (exact) mass is 434 g/mol. The highest BCUT2D eigenvalue weighted by molar-refractivity contribution is 7.89. The minimum absolute atomic E-state index is 0.157. The van der Waals surface area contributed by atoms with Crippen molar-refractivity contribution in [2.75, 3.05) is 32.2 Å². The van der Waals surface area contributed by atoms with Crippen LogP contribution in [-0.4, -0.2) is 50.7 Å². The molecule has 1 N–H and O–H groups in total. The van der Waals surface area contributed by atoms with Crippen LogP contribution < -0.4 is 14.9 Å². The third-order valence-electron chi connectivity index (χ3n) is 4.42. The Morgan fingerprint density at radius 1 is 1.13 bits per heavy atom. The van der Waals surface area contributed by atoms with Gasteiger partial charge in [-0.15, -0.1) is 0 Å². The molecule has 0 radical (unpaired) electrons. The third-order valence-corrected chi connectivity index (χ3v) is 6.45. The van der Waals surface area contributed by atoms with Crippen molar-refractivity contribution in [2.24, 2.45) is 5.10 Å². The molecule has 2 aromatic rings. The summed E-state index contributed by atoms with van der Waals surface area (Å²) in [5, 5.41) is 4.16. The second kappa shape index (κ2) is 11.5. The molecule has 0 aliphatic heterocycles. The quantitative estimate of drug-likeness (QED) is 0.311. The molecule has 30 heavy (non-hydrogen) atoms. The van der Waals surface area contributed by atoms with Gasteiger partial charge in [0, 0.05) is 19.3 Å². The fourth-order valence-electron chi connectivity index (χ4n) is 2.69. The predicted octanol–water partition coefficient (Wildman–Crippen LogP) is 3.75. The maximum absolute atomic E-state index is 12.5. The SMILES string of the molecule is CCCCOc1ccc(/C=N/Nc2ccc(S(=O)(=O)N(CC)CC)cn2)cc1OC. The number of hydrazone groups is 1. The third kappa shape index (κ3) is 6.17. The van der Waals surface area contributed by atoms with Gasteiger partial charge in [-0.3, -0.25) is 5.43 Å². The summed E-state index contributed by atoms with van der Waals surface area (Å²) in [7, 11) is -1.93. The van der Waals surface area contributed by atoms with Crippen LogP contribution in [-0.2, 0) is 10.0 Å². The fraction of sp³-hybridized carbons (Fsp3) is 0.429. The Kier molecular flexibility index (Phi) is 9.07. The highest BCUT2D eigenvalue weighted by Crippen LogP contribution is 2.27. The van der Waals surface area contributed by atoms with Crippen LogP contribution in [0.25, 0.3) is 0 Å². The number of hydrogen-bond donors (Lipinski definition) is 1. The molecule has 0 atom stereocenters. The average molecular weight is 435 g/mol. The Morgan fingerprint density at radius 2 is 1.90 bits per heavy atom. The summed E-state index contributed by atoms with van der Waals surface area (Å²) in [5.74, 6) is 1.78. The molecule has 0 amide bonds. The average Bonchev–Trinajstić information content (AvgIpc) is 2.75. The van der Waals surface area contributed by atoms with E-state index >= 15 is 0 Å². The summed E-state index contributed by atoms with van der Waals surface area (Å²) in [5.41, 5.74) is 3.62. The largest absolute Gasteiger partial charge is 0.493 e. The molecule has 9 heteroatoms. The number of rotatable bonds is 12. The molecular formula is C21H30N4O4S. The molecule has 1 aromatic heterocycles. The molecular weight excluding hydrogens is 404 g/mol. The molecule has 1 heterocycles. The Bertz CT molecular complexity index is 927. The van der Waals surface area contributed by atoms with Crippen molar-refractivity contribution >= 4 is 22.1 Å². The maximum Gasteiger partial charge on any atom is 0.244 e. The van der Waals surface area contributed by atoms with E-state index in [1.807, 2.05) is 18.2 Å². The second-order valence-electron chi connectivity index (χ2n) is 6.45. The molecule has 0 aliphatic carbocycles. The first-order chi connectivity index (χ1) is 14.5.